The molecule has 0 N–H and O–H groups in total. The lowest BCUT2D eigenvalue weighted by Crippen LogP contribution is -2.16. The predicted octanol–water partition coefficient (Wildman–Crippen LogP) is 7.10. The van der Waals surface area contributed by atoms with E-state index in [1.807, 2.05) is 0 Å². The Hall–Kier alpha value is -1.84. The summed E-state index contributed by atoms with van der Waals surface area (Å²) in [7, 11) is 0. The molecule has 0 radical (unpaired) electrons. The van der Waals surface area contributed by atoms with E-state index in [9.17, 15) is 17.6 Å². The molecule has 0 aliphatic heterocycles. The van der Waals surface area contributed by atoms with Crippen molar-refractivity contribution in [2.75, 3.05) is 0 Å². The molecule has 1 atom stereocenters. The molecule has 0 nitrogen and oxygen atoms in total. The highest BCUT2D eigenvalue weighted by Crippen LogP contribution is 2.31. The van der Waals surface area contributed by atoms with E-state index in [4.69, 9.17) is 0 Å². The van der Waals surface area contributed by atoms with Gasteiger partial charge in [-0.2, -0.15) is 0 Å². The minimum Gasteiger partial charge on any atom is -0.207 e. The minimum absolute atomic E-state index is 0.147. The highest BCUT2D eigenvalue weighted by molar-refractivity contribution is 5.32. The first-order valence-electron chi connectivity index (χ1n) is 10.4. The Morgan fingerprint density at radius 3 is 2.14 bits per heavy atom. The Bertz CT molecular complexity index is 789. The highest BCUT2D eigenvalue weighted by atomic mass is 19.2. The van der Waals surface area contributed by atoms with Crippen molar-refractivity contribution in [2.24, 2.45) is 5.92 Å². The number of benzene rings is 2. The highest BCUT2D eigenvalue weighted by Gasteiger charge is 2.22. The topological polar surface area (TPSA) is 0 Å². The van der Waals surface area contributed by atoms with Gasteiger partial charge in [0.15, 0.2) is 11.6 Å². The summed E-state index contributed by atoms with van der Waals surface area (Å²) in [5, 5.41) is 0. The van der Waals surface area contributed by atoms with Crippen molar-refractivity contribution in [2.45, 2.75) is 71.1 Å². The van der Waals surface area contributed by atoms with Crippen LogP contribution in [0, 0.1) is 29.2 Å². The minimum atomic E-state index is -0.828. The molecule has 0 aromatic heterocycles. The molecule has 0 fully saturated rings. The molecule has 1 aliphatic carbocycles. The van der Waals surface area contributed by atoms with Crippen molar-refractivity contribution in [3.8, 4) is 0 Å². The molecular weight excluding hydrogens is 364 g/mol. The zero-order valence-electron chi connectivity index (χ0n) is 16.5. The molecule has 28 heavy (non-hydrogen) atoms. The first-order chi connectivity index (χ1) is 13.5. The molecule has 2 aromatic carbocycles. The first kappa shape index (κ1) is 20.9. The molecule has 1 unspecified atom stereocenters. The standard InChI is InChI=1S/C24H28F4/c1-2-3-4-5-6-17-12-21(25)20(22(26)13-17)10-8-16-7-9-18-14-23(27)24(28)15-19(18)11-16/h12-16H,2-11H2,1H3. The van der Waals surface area contributed by atoms with E-state index in [1.54, 1.807) is 0 Å². The fourth-order valence-corrected chi connectivity index (χ4v) is 4.21. The van der Waals surface area contributed by atoms with Crippen LogP contribution in [0.4, 0.5) is 17.6 Å². The molecule has 0 amide bonds. The summed E-state index contributed by atoms with van der Waals surface area (Å²) in [6, 6.07) is 5.49. The van der Waals surface area contributed by atoms with Gasteiger partial charge in [-0.05, 0) is 91.8 Å². The second-order valence-corrected chi connectivity index (χ2v) is 8.03. The summed E-state index contributed by atoms with van der Waals surface area (Å²) in [6.45, 7) is 2.13. The Morgan fingerprint density at radius 1 is 0.786 bits per heavy atom. The maximum Gasteiger partial charge on any atom is 0.159 e. The molecule has 0 saturated carbocycles. The number of unbranched alkanes of at least 4 members (excludes halogenated alkanes) is 3. The Morgan fingerprint density at radius 2 is 1.46 bits per heavy atom. The van der Waals surface area contributed by atoms with Crippen molar-refractivity contribution >= 4 is 0 Å². The fraction of sp³-hybridized carbons (Fsp3) is 0.500. The van der Waals surface area contributed by atoms with Crippen molar-refractivity contribution in [3.63, 3.8) is 0 Å². The van der Waals surface area contributed by atoms with Crippen LogP contribution in [-0.4, -0.2) is 0 Å². The van der Waals surface area contributed by atoms with Gasteiger partial charge in [-0.3, -0.25) is 0 Å². The lowest BCUT2D eigenvalue weighted by Gasteiger charge is -2.25. The van der Waals surface area contributed by atoms with Gasteiger partial charge in [-0.25, -0.2) is 17.6 Å². The molecule has 0 bridgehead atoms. The van der Waals surface area contributed by atoms with Gasteiger partial charge in [0.2, 0.25) is 0 Å². The van der Waals surface area contributed by atoms with Crippen LogP contribution < -0.4 is 0 Å². The summed E-state index contributed by atoms with van der Waals surface area (Å²) in [6.07, 6.45) is 8.12. The molecule has 0 heterocycles. The van der Waals surface area contributed by atoms with E-state index in [1.165, 1.54) is 24.3 Å². The zero-order chi connectivity index (χ0) is 20.1. The number of aryl methyl sites for hydroxylation is 2. The van der Waals surface area contributed by atoms with Gasteiger partial charge in [0, 0.05) is 5.56 Å². The average molecular weight is 392 g/mol. The second-order valence-electron chi connectivity index (χ2n) is 8.03. The van der Waals surface area contributed by atoms with Gasteiger partial charge in [-0.15, -0.1) is 0 Å². The van der Waals surface area contributed by atoms with E-state index in [0.29, 0.717) is 32.1 Å². The van der Waals surface area contributed by atoms with E-state index in [-0.39, 0.29) is 11.5 Å². The van der Waals surface area contributed by atoms with Crippen LogP contribution in [0.2, 0.25) is 0 Å². The third kappa shape index (κ3) is 5.15. The van der Waals surface area contributed by atoms with Gasteiger partial charge < -0.3 is 0 Å². The molecular formula is C24H28F4. The van der Waals surface area contributed by atoms with E-state index < -0.39 is 23.3 Å². The number of hydrogen-bond donors (Lipinski definition) is 0. The number of rotatable bonds is 8. The van der Waals surface area contributed by atoms with E-state index in [0.717, 1.165) is 48.8 Å². The van der Waals surface area contributed by atoms with Crippen LogP contribution >= 0.6 is 0 Å². The maximum atomic E-state index is 14.4. The number of fused-ring (bicyclic) bond motifs is 1. The quantitative estimate of drug-likeness (QED) is 0.332. The molecule has 4 heteroatoms. The van der Waals surface area contributed by atoms with Crippen LogP contribution in [0.3, 0.4) is 0 Å². The maximum absolute atomic E-state index is 14.4. The smallest absolute Gasteiger partial charge is 0.159 e. The summed E-state index contributed by atoms with van der Waals surface area (Å²) in [5.41, 5.74) is 2.53. The zero-order valence-corrected chi connectivity index (χ0v) is 16.5. The van der Waals surface area contributed by atoms with E-state index >= 15 is 0 Å². The van der Waals surface area contributed by atoms with Gasteiger partial charge in [0.1, 0.15) is 11.6 Å². The summed E-state index contributed by atoms with van der Waals surface area (Å²) in [4.78, 5) is 0. The van der Waals surface area contributed by atoms with Gasteiger partial charge in [-0.1, -0.05) is 26.2 Å². The van der Waals surface area contributed by atoms with Crippen molar-refractivity contribution in [1.29, 1.82) is 0 Å². The molecule has 1 aliphatic rings. The Labute approximate surface area is 165 Å². The molecule has 3 rings (SSSR count). The average Bonchev–Trinajstić information content (AvgIpc) is 2.65. The normalized spacial score (nSPS) is 16.2. The van der Waals surface area contributed by atoms with Crippen LogP contribution in [-0.2, 0) is 25.7 Å². The lowest BCUT2D eigenvalue weighted by atomic mass is 9.81. The van der Waals surface area contributed by atoms with E-state index in [2.05, 4.69) is 6.92 Å². The lowest BCUT2D eigenvalue weighted by molar-refractivity contribution is 0.413. The molecule has 152 valence electrons. The van der Waals surface area contributed by atoms with Crippen LogP contribution in [0.25, 0.3) is 0 Å². The largest absolute Gasteiger partial charge is 0.207 e. The van der Waals surface area contributed by atoms with Gasteiger partial charge >= 0.3 is 0 Å². The Kier molecular flexibility index (Phi) is 7.14. The van der Waals surface area contributed by atoms with Gasteiger partial charge in [0.25, 0.3) is 0 Å². The summed E-state index contributed by atoms with van der Waals surface area (Å²) >= 11 is 0. The fourth-order valence-electron chi connectivity index (χ4n) is 4.21. The van der Waals surface area contributed by atoms with Gasteiger partial charge in [0.05, 0.1) is 0 Å². The third-order valence-corrected chi connectivity index (χ3v) is 5.90. The van der Waals surface area contributed by atoms with Crippen molar-refractivity contribution in [3.05, 3.63) is 69.8 Å². The van der Waals surface area contributed by atoms with Crippen LogP contribution in [0.1, 0.15) is 67.7 Å². The summed E-state index contributed by atoms with van der Waals surface area (Å²) < 4.78 is 55.7. The third-order valence-electron chi connectivity index (χ3n) is 5.90. The van der Waals surface area contributed by atoms with Crippen molar-refractivity contribution < 1.29 is 17.6 Å². The van der Waals surface area contributed by atoms with Crippen LogP contribution in [0.15, 0.2) is 24.3 Å². The van der Waals surface area contributed by atoms with Crippen molar-refractivity contribution in [1.82, 2.24) is 0 Å². The SMILES string of the molecule is CCCCCCc1cc(F)c(CCC2CCc3cc(F)c(F)cc3C2)c(F)c1. The number of hydrogen-bond acceptors (Lipinski definition) is 0. The molecule has 0 spiro atoms. The summed E-state index contributed by atoms with van der Waals surface area (Å²) in [5.74, 6) is -2.34. The first-order valence-corrected chi connectivity index (χ1v) is 10.4. The predicted molar refractivity (Wildman–Crippen MR) is 104 cm³/mol. The Balaban J connectivity index is 1.59. The monoisotopic (exact) mass is 392 g/mol. The molecule has 0 saturated heterocycles. The second kappa shape index (κ2) is 9.58. The number of halogens is 4. The van der Waals surface area contributed by atoms with Crippen LogP contribution in [0.5, 0.6) is 0 Å². The molecule has 2 aromatic rings.